The van der Waals surface area contributed by atoms with Crippen molar-refractivity contribution < 1.29 is 19.1 Å². The van der Waals surface area contributed by atoms with Crippen molar-refractivity contribution >= 4 is 17.3 Å². The highest BCUT2D eigenvalue weighted by Crippen LogP contribution is 2.42. The van der Waals surface area contributed by atoms with Crippen molar-refractivity contribution in [3.05, 3.63) is 64.7 Å². The molecule has 5 nitrogen and oxygen atoms in total. The second kappa shape index (κ2) is 6.81. The molecule has 128 valence electrons. The molecule has 0 unspecified atom stereocenters. The fourth-order valence-electron chi connectivity index (χ4n) is 3.03. The van der Waals surface area contributed by atoms with Gasteiger partial charge >= 0.3 is 0 Å². The van der Waals surface area contributed by atoms with Crippen LogP contribution in [-0.2, 0) is 4.79 Å². The molecule has 1 N–H and O–H groups in total. The number of amides is 1. The molecule has 0 saturated carbocycles. The van der Waals surface area contributed by atoms with Gasteiger partial charge in [0, 0.05) is 29.3 Å². The molecule has 2 aromatic carbocycles. The highest BCUT2D eigenvalue weighted by atomic mass is 16.5. The Kier molecular flexibility index (Phi) is 4.57. The first-order chi connectivity index (χ1) is 12.1. The Morgan fingerprint density at radius 3 is 2.36 bits per heavy atom. The summed E-state index contributed by atoms with van der Waals surface area (Å²) in [6.07, 6.45) is 0. The van der Waals surface area contributed by atoms with Crippen LogP contribution in [0.4, 0.5) is 0 Å². The highest BCUT2D eigenvalue weighted by molar-refractivity contribution is 6.36. The first kappa shape index (κ1) is 16.8. The lowest BCUT2D eigenvalue weighted by Crippen LogP contribution is -2.27. The van der Waals surface area contributed by atoms with Crippen LogP contribution in [0.1, 0.15) is 28.4 Å². The average Bonchev–Trinajstić information content (AvgIpc) is 2.94. The lowest BCUT2D eigenvalue weighted by molar-refractivity contribution is -0.117. The Labute approximate surface area is 146 Å². The molecular formula is C20H19NO4. The summed E-state index contributed by atoms with van der Waals surface area (Å²) < 4.78 is 10.7. The molecule has 1 aliphatic rings. The molecule has 3 rings (SSSR count). The Hall–Kier alpha value is -3.08. The van der Waals surface area contributed by atoms with Crippen molar-refractivity contribution in [2.75, 3.05) is 20.8 Å². The summed E-state index contributed by atoms with van der Waals surface area (Å²) in [6, 6.07) is 12.6. The quantitative estimate of drug-likeness (QED) is 0.852. The number of benzene rings is 2. The molecule has 5 heteroatoms. The van der Waals surface area contributed by atoms with Crippen LogP contribution in [0.15, 0.2) is 48.0 Å². The van der Waals surface area contributed by atoms with Crippen LogP contribution in [0, 0.1) is 0 Å². The predicted molar refractivity (Wildman–Crippen MR) is 95.0 cm³/mol. The number of fused-ring (bicyclic) bond motifs is 1. The number of ketones is 1. The normalized spacial score (nSPS) is 12.8. The molecule has 0 aliphatic heterocycles. The molecule has 0 spiro atoms. The molecule has 1 aliphatic carbocycles. The van der Waals surface area contributed by atoms with Crippen molar-refractivity contribution in [2.45, 2.75) is 6.92 Å². The maximum Gasteiger partial charge on any atom is 0.255 e. The number of carbonyl (C=O) groups is 2. The third kappa shape index (κ3) is 2.78. The summed E-state index contributed by atoms with van der Waals surface area (Å²) in [6.45, 7) is 2.26. The smallest absolute Gasteiger partial charge is 0.255 e. The van der Waals surface area contributed by atoms with Gasteiger partial charge in [0.15, 0.2) is 5.78 Å². The third-order valence-electron chi connectivity index (χ3n) is 4.16. The summed E-state index contributed by atoms with van der Waals surface area (Å²) in [5.74, 6) is 0.532. The predicted octanol–water partition coefficient (Wildman–Crippen LogP) is 2.84. The van der Waals surface area contributed by atoms with Gasteiger partial charge in [0.2, 0.25) is 0 Å². The number of carbonyl (C=O) groups excluding carboxylic acids is 2. The zero-order chi connectivity index (χ0) is 18.0. The number of hydrogen-bond donors (Lipinski definition) is 1. The summed E-state index contributed by atoms with van der Waals surface area (Å²) in [5, 5.41) is 2.73. The fourth-order valence-corrected chi connectivity index (χ4v) is 3.03. The van der Waals surface area contributed by atoms with E-state index in [2.05, 4.69) is 5.32 Å². The Bertz CT molecular complexity index is 883. The van der Waals surface area contributed by atoms with Crippen LogP contribution in [0.2, 0.25) is 0 Å². The topological polar surface area (TPSA) is 64.6 Å². The van der Waals surface area contributed by atoms with Gasteiger partial charge in [-0.2, -0.15) is 0 Å². The van der Waals surface area contributed by atoms with E-state index in [1.54, 1.807) is 38.5 Å². The van der Waals surface area contributed by atoms with Gasteiger partial charge in [-0.15, -0.1) is 0 Å². The maximum atomic E-state index is 12.8. The lowest BCUT2D eigenvalue weighted by Gasteiger charge is -2.13. The third-order valence-corrected chi connectivity index (χ3v) is 4.16. The van der Waals surface area contributed by atoms with Crippen molar-refractivity contribution in [1.29, 1.82) is 0 Å². The highest BCUT2D eigenvalue weighted by Gasteiger charge is 2.35. The van der Waals surface area contributed by atoms with Crippen molar-refractivity contribution in [1.82, 2.24) is 5.32 Å². The Morgan fingerprint density at radius 1 is 1.00 bits per heavy atom. The summed E-state index contributed by atoms with van der Waals surface area (Å²) in [5.41, 5.74) is 2.68. The van der Waals surface area contributed by atoms with E-state index in [4.69, 9.17) is 9.47 Å². The van der Waals surface area contributed by atoms with Crippen molar-refractivity contribution in [3.63, 3.8) is 0 Å². The molecule has 25 heavy (non-hydrogen) atoms. The number of nitrogens with one attached hydrogen (secondary N) is 1. The molecule has 0 atom stereocenters. The number of hydrogen-bond acceptors (Lipinski definition) is 4. The van der Waals surface area contributed by atoms with Crippen LogP contribution in [0.25, 0.3) is 5.57 Å². The number of Topliss-reactive ketones (excluding diaryl/α,β-unsaturated/α-hetero) is 1. The zero-order valence-electron chi connectivity index (χ0n) is 14.4. The first-order valence-electron chi connectivity index (χ1n) is 8.01. The minimum atomic E-state index is -0.378. The average molecular weight is 337 g/mol. The second-order valence-electron chi connectivity index (χ2n) is 5.55. The van der Waals surface area contributed by atoms with Gasteiger partial charge in [-0.05, 0) is 24.6 Å². The minimum Gasteiger partial charge on any atom is -0.497 e. The van der Waals surface area contributed by atoms with E-state index < -0.39 is 0 Å². The van der Waals surface area contributed by atoms with E-state index in [1.807, 2.05) is 25.1 Å². The largest absolute Gasteiger partial charge is 0.497 e. The molecule has 0 fully saturated rings. The molecule has 0 aromatic heterocycles. The SMILES string of the molecule is CCNC(=O)C1=C(c2ccc(OC)cc2OC)c2ccccc2C1=O. The van der Waals surface area contributed by atoms with Gasteiger partial charge in [0.05, 0.1) is 19.8 Å². The molecule has 0 saturated heterocycles. The second-order valence-corrected chi connectivity index (χ2v) is 5.55. The van der Waals surface area contributed by atoms with Gasteiger partial charge in [-0.1, -0.05) is 24.3 Å². The fraction of sp³-hybridized carbons (Fsp3) is 0.200. The Morgan fingerprint density at radius 2 is 1.72 bits per heavy atom. The molecule has 0 heterocycles. The number of ether oxygens (including phenoxy) is 2. The van der Waals surface area contributed by atoms with Crippen LogP contribution in [0.3, 0.4) is 0 Å². The lowest BCUT2D eigenvalue weighted by atomic mass is 9.96. The standard InChI is InChI=1S/C20H19NO4/c1-4-21-20(23)18-17(13-7-5-6-8-14(13)19(18)22)15-10-9-12(24-2)11-16(15)25-3/h5-11H,4H2,1-3H3,(H,21,23). The summed E-state index contributed by atoms with van der Waals surface area (Å²) in [7, 11) is 3.12. The van der Waals surface area contributed by atoms with Crippen LogP contribution < -0.4 is 14.8 Å². The molecule has 0 bridgehead atoms. The van der Waals surface area contributed by atoms with Gasteiger partial charge < -0.3 is 14.8 Å². The van der Waals surface area contributed by atoms with Crippen molar-refractivity contribution in [3.8, 4) is 11.5 Å². The Balaban J connectivity index is 2.28. The number of likely N-dealkylation sites (N-methyl/N-ethyl adjacent to an activating group) is 1. The summed E-state index contributed by atoms with van der Waals surface area (Å²) >= 11 is 0. The number of rotatable bonds is 5. The number of methoxy groups -OCH3 is 2. The van der Waals surface area contributed by atoms with Gasteiger partial charge in [-0.25, -0.2) is 0 Å². The zero-order valence-corrected chi connectivity index (χ0v) is 14.4. The van der Waals surface area contributed by atoms with Crippen LogP contribution in [0.5, 0.6) is 11.5 Å². The van der Waals surface area contributed by atoms with E-state index in [1.165, 1.54) is 0 Å². The van der Waals surface area contributed by atoms with Gasteiger partial charge in [0.1, 0.15) is 11.5 Å². The monoisotopic (exact) mass is 337 g/mol. The summed E-state index contributed by atoms with van der Waals surface area (Å²) in [4.78, 5) is 25.4. The molecular weight excluding hydrogens is 318 g/mol. The molecule has 2 aromatic rings. The maximum absolute atomic E-state index is 12.8. The van der Waals surface area contributed by atoms with E-state index in [0.717, 1.165) is 5.56 Å². The van der Waals surface area contributed by atoms with E-state index in [9.17, 15) is 9.59 Å². The van der Waals surface area contributed by atoms with Gasteiger partial charge in [-0.3, -0.25) is 9.59 Å². The van der Waals surface area contributed by atoms with Crippen LogP contribution in [-0.4, -0.2) is 32.5 Å². The van der Waals surface area contributed by atoms with E-state index in [0.29, 0.717) is 34.7 Å². The first-order valence-corrected chi connectivity index (χ1v) is 8.01. The van der Waals surface area contributed by atoms with E-state index in [-0.39, 0.29) is 17.3 Å². The molecule has 0 radical (unpaired) electrons. The van der Waals surface area contributed by atoms with Crippen molar-refractivity contribution in [2.24, 2.45) is 0 Å². The van der Waals surface area contributed by atoms with E-state index >= 15 is 0 Å². The van der Waals surface area contributed by atoms with Crippen LogP contribution >= 0.6 is 0 Å². The molecule has 1 amide bonds. The van der Waals surface area contributed by atoms with Gasteiger partial charge in [0.25, 0.3) is 5.91 Å². The minimum absolute atomic E-state index is 0.145.